The maximum atomic E-state index is 6.57. The molecule has 2 nitrogen and oxygen atoms in total. The van der Waals surface area contributed by atoms with E-state index in [0.29, 0.717) is 0 Å². The van der Waals surface area contributed by atoms with Gasteiger partial charge in [0.05, 0.1) is 0 Å². The van der Waals surface area contributed by atoms with Crippen LogP contribution in [0.1, 0.15) is 22.3 Å². The van der Waals surface area contributed by atoms with Gasteiger partial charge in [0.15, 0.2) is 0 Å². The maximum absolute atomic E-state index is 6.57. The molecule has 0 fully saturated rings. The molecule has 29 heavy (non-hydrogen) atoms. The zero-order valence-corrected chi connectivity index (χ0v) is 18.5. The SMILES string of the molecule is COCOC1(c2ccccc2C#C[Si](C)(C)C)c2ccccc2-c2ccccc21. The van der Waals surface area contributed by atoms with Crippen LogP contribution in [-0.2, 0) is 15.1 Å². The molecule has 0 spiro atoms. The van der Waals surface area contributed by atoms with Gasteiger partial charge in [-0.1, -0.05) is 92.3 Å². The molecular weight excluding hydrogens is 372 g/mol. The summed E-state index contributed by atoms with van der Waals surface area (Å²) in [7, 11) is 0.142. The van der Waals surface area contributed by atoms with Crippen LogP contribution in [0.4, 0.5) is 0 Å². The van der Waals surface area contributed by atoms with Gasteiger partial charge in [-0.15, -0.1) is 5.54 Å². The van der Waals surface area contributed by atoms with Gasteiger partial charge in [0.2, 0.25) is 0 Å². The van der Waals surface area contributed by atoms with Crippen LogP contribution in [0.25, 0.3) is 11.1 Å². The Kier molecular flexibility index (Phi) is 5.18. The smallest absolute Gasteiger partial charge is 0.149 e. The first-order chi connectivity index (χ1) is 14.0. The molecule has 0 saturated heterocycles. The fourth-order valence-corrected chi connectivity index (χ4v) is 4.53. The summed E-state index contributed by atoms with van der Waals surface area (Å²) >= 11 is 0. The standard InChI is InChI=1S/C26H26O2Si/c1-27-19-28-26(23-14-8-5-11-20(23)17-18-29(2,3)4)24-15-9-6-12-21(24)22-13-7-10-16-25(22)26/h5-16H,19H2,1-4H3. The Morgan fingerprint density at radius 1 is 0.759 bits per heavy atom. The van der Waals surface area contributed by atoms with Crippen molar-refractivity contribution < 1.29 is 9.47 Å². The van der Waals surface area contributed by atoms with E-state index in [-0.39, 0.29) is 6.79 Å². The van der Waals surface area contributed by atoms with Crippen LogP contribution in [0.2, 0.25) is 19.6 Å². The van der Waals surface area contributed by atoms with E-state index in [1.165, 1.54) is 11.1 Å². The van der Waals surface area contributed by atoms with Gasteiger partial charge in [-0.3, -0.25) is 0 Å². The van der Waals surface area contributed by atoms with Gasteiger partial charge >= 0.3 is 0 Å². The summed E-state index contributed by atoms with van der Waals surface area (Å²) in [4.78, 5) is 0. The first kappa shape index (κ1) is 19.7. The minimum absolute atomic E-state index is 0.193. The number of methoxy groups -OCH3 is 1. The van der Waals surface area contributed by atoms with Crippen molar-refractivity contribution in [3.63, 3.8) is 0 Å². The average Bonchev–Trinajstić information content (AvgIpc) is 3.01. The summed E-state index contributed by atoms with van der Waals surface area (Å²) in [6.45, 7) is 6.98. The van der Waals surface area contributed by atoms with Crippen molar-refractivity contribution in [1.29, 1.82) is 0 Å². The molecule has 4 rings (SSSR count). The lowest BCUT2D eigenvalue weighted by Gasteiger charge is -2.33. The largest absolute Gasteiger partial charge is 0.359 e. The minimum Gasteiger partial charge on any atom is -0.359 e. The van der Waals surface area contributed by atoms with E-state index >= 15 is 0 Å². The van der Waals surface area contributed by atoms with Crippen LogP contribution >= 0.6 is 0 Å². The number of benzene rings is 3. The highest BCUT2D eigenvalue weighted by Crippen LogP contribution is 2.53. The summed E-state index contributed by atoms with van der Waals surface area (Å²) in [6, 6.07) is 25.3. The number of hydrogen-bond donors (Lipinski definition) is 0. The van der Waals surface area contributed by atoms with Gasteiger partial charge in [-0.05, 0) is 17.2 Å². The average molecular weight is 399 g/mol. The molecule has 0 amide bonds. The number of rotatable bonds is 4. The quantitative estimate of drug-likeness (QED) is 0.314. The van der Waals surface area contributed by atoms with E-state index in [4.69, 9.17) is 9.47 Å². The second-order valence-corrected chi connectivity index (χ2v) is 13.1. The molecule has 3 aromatic rings. The van der Waals surface area contributed by atoms with E-state index in [1.807, 2.05) is 0 Å². The number of fused-ring (bicyclic) bond motifs is 3. The summed E-state index contributed by atoms with van der Waals surface area (Å²) < 4.78 is 12.0. The van der Waals surface area contributed by atoms with Gasteiger partial charge in [-0.25, -0.2) is 0 Å². The van der Waals surface area contributed by atoms with Crippen LogP contribution in [0.5, 0.6) is 0 Å². The topological polar surface area (TPSA) is 18.5 Å². The lowest BCUT2D eigenvalue weighted by atomic mass is 9.81. The molecule has 146 valence electrons. The van der Waals surface area contributed by atoms with Crippen molar-refractivity contribution >= 4 is 8.07 Å². The van der Waals surface area contributed by atoms with E-state index in [9.17, 15) is 0 Å². The van der Waals surface area contributed by atoms with Gasteiger partial charge in [0.1, 0.15) is 20.5 Å². The predicted molar refractivity (Wildman–Crippen MR) is 121 cm³/mol. The van der Waals surface area contributed by atoms with Crippen LogP contribution in [0.15, 0.2) is 72.8 Å². The van der Waals surface area contributed by atoms with Crippen molar-refractivity contribution in [3.8, 4) is 22.6 Å². The summed E-state index contributed by atoms with van der Waals surface area (Å²) in [5.41, 5.74) is 9.55. The lowest BCUT2D eigenvalue weighted by molar-refractivity contribution is -0.0952. The normalized spacial score (nSPS) is 13.9. The molecule has 0 atom stereocenters. The Balaban J connectivity index is 2.04. The number of ether oxygens (including phenoxy) is 2. The second kappa shape index (κ2) is 7.65. The van der Waals surface area contributed by atoms with Crippen molar-refractivity contribution in [1.82, 2.24) is 0 Å². The third-order valence-corrected chi connectivity index (χ3v) is 6.05. The van der Waals surface area contributed by atoms with Crippen LogP contribution in [-0.4, -0.2) is 22.0 Å². The first-order valence-electron chi connectivity index (χ1n) is 9.92. The van der Waals surface area contributed by atoms with E-state index < -0.39 is 13.7 Å². The van der Waals surface area contributed by atoms with Gasteiger partial charge in [-0.2, -0.15) is 0 Å². The zero-order chi connectivity index (χ0) is 20.5. The van der Waals surface area contributed by atoms with Gasteiger partial charge in [0, 0.05) is 29.4 Å². The second-order valence-electron chi connectivity index (χ2n) is 8.37. The molecule has 0 aromatic heterocycles. The zero-order valence-electron chi connectivity index (χ0n) is 17.5. The molecule has 0 heterocycles. The van der Waals surface area contributed by atoms with E-state index in [2.05, 4.69) is 104 Å². The Bertz CT molecular complexity index is 1050. The van der Waals surface area contributed by atoms with Gasteiger partial charge in [0.25, 0.3) is 0 Å². The molecule has 0 radical (unpaired) electrons. The van der Waals surface area contributed by atoms with Crippen LogP contribution in [0, 0.1) is 11.5 Å². The highest BCUT2D eigenvalue weighted by atomic mass is 28.3. The summed E-state index contributed by atoms with van der Waals surface area (Å²) in [5, 5.41) is 0. The summed E-state index contributed by atoms with van der Waals surface area (Å²) in [5.74, 6) is 3.48. The van der Waals surface area contributed by atoms with E-state index in [1.54, 1.807) is 7.11 Å². The van der Waals surface area contributed by atoms with E-state index in [0.717, 1.165) is 22.3 Å². The molecular formula is C26H26O2Si. The monoisotopic (exact) mass is 398 g/mol. The third kappa shape index (κ3) is 3.45. The summed E-state index contributed by atoms with van der Waals surface area (Å²) in [6.07, 6.45) is 0. The molecule has 0 bridgehead atoms. The van der Waals surface area contributed by atoms with Gasteiger partial charge < -0.3 is 9.47 Å². The minimum atomic E-state index is -1.52. The van der Waals surface area contributed by atoms with Crippen LogP contribution < -0.4 is 0 Å². The number of hydrogen-bond acceptors (Lipinski definition) is 2. The van der Waals surface area contributed by atoms with Crippen molar-refractivity contribution in [3.05, 3.63) is 95.1 Å². The third-order valence-electron chi connectivity index (χ3n) is 5.17. The highest BCUT2D eigenvalue weighted by molar-refractivity contribution is 6.83. The molecule has 0 aliphatic heterocycles. The molecule has 1 aliphatic carbocycles. The van der Waals surface area contributed by atoms with Crippen molar-refractivity contribution in [2.75, 3.05) is 13.9 Å². The fourth-order valence-electron chi connectivity index (χ4n) is 4.02. The Morgan fingerprint density at radius 2 is 1.28 bits per heavy atom. The fraction of sp³-hybridized carbons (Fsp3) is 0.231. The first-order valence-corrected chi connectivity index (χ1v) is 13.4. The van der Waals surface area contributed by atoms with Crippen molar-refractivity contribution in [2.24, 2.45) is 0 Å². The highest BCUT2D eigenvalue weighted by Gasteiger charge is 2.46. The predicted octanol–water partition coefficient (Wildman–Crippen LogP) is 5.81. The van der Waals surface area contributed by atoms with Crippen LogP contribution in [0.3, 0.4) is 0 Å². The lowest BCUT2D eigenvalue weighted by Crippen LogP contribution is -2.32. The molecule has 1 aliphatic rings. The van der Waals surface area contributed by atoms with Crippen molar-refractivity contribution in [2.45, 2.75) is 25.2 Å². The molecule has 0 saturated carbocycles. The Labute approximate surface area is 174 Å². The Morgan fingerprint density at radius 3 is 1.83 bits per heavy atom. The molecule has 3 aromatic carbocycles. The Hall–Kier alpha value is -2.64. The molecule has 0 N–H and O–H groups in total. The molecule has 0 unspecified atom stereocenters. The molecule has 3 heteroatoms. The maximum Gasteiger partial charge on any atom is 0.149 e.